The summed E-state index contributed by atoms with van der Waals surface area (Å²) in [5.41, 5.74) is 2.51. The lowest BCUT2D eigenvalue weighted by atomic mass is 10.1. The van der Waals surface area contributed by atoms with Crippen LogP contribution in [0.3, 0.4) is 0 Å². The molecule has 1 atom stereocenters. The lowest BCUT2D eigenvalue weighted by molar-refractivity contribution is 0.102. The van der Waals surface area contributed by atoms with Gasteiger partial charge in [-0.05, 0) is 37.6 Å². The molecule has 0 radical (unpaired) electrons. The van der Waals surface area contributed by atoms with E-state index in [1.165, 1.54) is 0 Å². The molecule has 21 heavy (non-hydrogen) atoms. The summed E-state index contributed by atoms with van der Waals surface area (Å²) in [6.45, 7) is 5.25. The van der Waals surface area contributed by atoms with Crippen LogP contribution in [-0.2, 0) is 7.05 Å². The molecule has 0 aliphatic carbocycles. The molecule has 2 N–H and O–H groups in total. The standard InChI is InChI=1S/C16H22N4O/c1-4-8-17-12(2)13-6-5-7-15(9-13)19-16(21)14-10-18-20(3)11-14/h5-7,9-12,17H,4,8H2,1-3H3,(H,19,21). The Kier molecular flexibility index (Phi) is 5.11. The second kappa shape index (κ2) is 7.04. The minimum atomic E-state index is -0.144. The van der Waals surface area contributed by atoms with Crippen molar-refractivity contribution in [3.8, 4) is 0 Å². The highest BCUT2D eigenvalue weighted by Crippen LogP contribution is 2.18. The Morgan fingerprint density at radius 1 is 1.43 bits per heavy atom. The van der Waals surface area contributed by atoms with Crippen LogP contribution in [0.15, 0.2) is 36.7 Å². The van der Waals surface area contributed by atoms with Gasteiger partial charge in [0.1, 0.15) is 0 Å². The molecule has 0 fully saturated rings. The van der Waals surface area contributed by atoms with Gasteiger partial charge in [-0.1, -0.05) is 19.1 Å². The van der Waals surface area contributed by atoms with E-state index in [4.69, 9.17) is 0 Å². The lowest BCUT2D eigenvalue weighted by Gasteiger charge is -2.15. The molecule has 2 aromatic rings. The molecule has 1 amide bonds. The monoisotopic (exact) mass is 286 g/mol. The molecular formula is C16H22N4O. The van der Waals surface area contributed by atoms with Gasteiger partial charge in [0.25, 0.3) is 5.91 Å². The van der Waals surface area contributed by atoms with Gasteiger partial charge in [0.2, 0.25) is 0 Å². The summed E-state index contributed by atoms with van der Waals surface area (Å²) in [7, 11) is 1.79. The lowest BCUT2D eigenvalue weighted by Crippen LogP contribution is -2.19. The van der Waals surface area contributed by atoms with Crippen LogP contribution in [-0.4, -0.2) is 22.2 Å². The molecule has 1 aromatic carbocycles. The summed E-state index contributed by atoms with van der Waals surface area (Å²) in [4.78, 5) is 12.1. The highest BCUT2D eigenvalue weighted by atomic mass is 16.1. The molecule has 0 saturated heterocycles. The van der Waals surface area contributed by atoms with Gasteiger partial charge in [-0.2, -0.15) is 5.10 Å². The molecule has 1 unspecified atom stereocenters. The van der Waals surface area contributed by atoms with Crippen LogP contribution in [0.1, 0.15) is 42.2 Å². The fraction of sp³-hybridized carbons (Fsp3) is 0.375. The van der Waals surface area contributed by atoms with Crippen molar-refractivity contribution in [2.24, 2.45) is 7.05 Å². The Hall–Kier alpha value is -2.14. The van der Waals surface area contributed by atoms with Gasteiger partial charge in [-0.3, -0.25) is 9.48 Å². The Bertz CT molecular complexity index is 606. The fourth-order valence-electron chi connectivity index (χ4n) is 2.11. The topological polar surface area (TPSA) is 58.9 Å². The number of nitrogens with one attached hydrogen (secondary N) is 2. The quantitative estimate of drug-likeness (QED) is 0.858. The first-order valence-electron chi connectivity index (χ1n) is 7.23. The van der Waals surface area contributed by atoms with Crippen LogP contribution in [0.25, 0.3) is 0 Å². The highest BCUT2D eigenvalue weighted by molar-refractivity contribution is 6.03. The van der Waals surface area contributed by atoms with E-state index in [9.17, 15) is 4.79 Å². The predicted octanol–water partition coefficient (Wildman–Crippen LogP) is 2.73. The second-order valence-electron chi connectivity index (χ2n) is 5.16. The summed E-state index contributed by atoms with van der Waals surface area (Å²) in [5, 5.41) is 10.3. The zero-order valence-electron chi connectivity index (χ0n) is 12.8. The predicted molar refractivity (Wildman–Crippen MR) is 84.3 cm³/mol. The van der Waals surface area contributed by atoms with Crippen LogP contribution in [0.5, 0.6) is 0 Å². The third kappa shape index (κ3) is 4.16. The van der Waals surface area contributed by atoms with E-state index >= 15 is 0 Å². The largest absolute Gasteiger partial charge is 0.322 e. The number of rotatable bonds is 6. The van der Waals surface area contributed by atoms with Gasteiger partial charge in [-0.15, -0.1) is 0 Å². The third-order valence-corrected chi connectivity index (χ3v) is 3.31. The van der Waals surface area contributed by atoms with E-state index in [0.717, 1.165) is 24.2 Å². The summed E-state index contributed by atoms with van der Waals surface area (Å²) in [6.07, 6.45) is 4.36. The zero-order chi connectivity index (χ0) is 15.2. The Morgan fingerprint density at radius 3 is 2.90 bits per heavy atom. The molecule has 2 rings (SSSR count). The van der Waals surface area contributed by atoms with Gasteiger partial charge in [-0.25, -0.2) is 0 Å². The minimum absolute atomic E-state index is 0.144. The number of carbonyl (C=O) groups is 1. The first-order chi connectivity index (χ1) is 10.1. The molecule has 1 aromatic heterocycles. The van der Waals surface area contributed by atoms with E-state index in [2.05, 4.69) is 35.6 Å². The summed E-state index contributed by atoms with van der Waals surface area (Å²) in [6, 6.07) is 8.18. The third-order valence-electron chi connectivity index (χ3n) is 3.31. The SMILES string of the molecule is CCCNC(C)c1cccc(NC(=O)c2cnn(C)c2)c1. The maximum Gasteiger partial charge on any atom is 0.258 e. The molecule has 112 valence electrons. The Balaban J connectivity index is 2.05. The van der Waals surface area contributed by atoms with Gasteiger partial charge in [0, 0.05) is 25.0 Å². The van der Waals surface area contributed by atoms with Crippen molar-refractivity contribution in [3.05, 3.63) is 47.8 Å². The number of nitrogens with zero attached hydrogens (tertiary/aromatic N) is 2. The van der Waals surface area contributed by atoms with Gasteiger partial charge in [0.05, 0.1) is 11.8 Å². The van der Waals surface area contributed by atoms with E-state index < -0.39 is 0 Å². The number of carbonyl (C=O) groups excluding carboxylic acids is 1. The molecule has 0 saturated carbocycles. The number of hydrogen-bond acceptors (Lipinski definition) is 3. The van der Waals surface area contributed by atoms with E-state index in [0.29, 0.717) is 5.56 Å². The summed E-state index contributed by atoms with van der Waals surface area (Å²) >= 11 is 0. The molecule has 0 aliphatic heterocycles. The van der Waals surface area contributed by atoms with Crippen LogP contribution in [0.4, 0.5) is 5.69 Å². The summed E-state index contributed by atoms with van der Waals surface area (Å²) in [5.74, 6) is -0.144. The Labute approximate surface area is 125 Å². The number of anilines is 1. The van der Waals surface area contributed by atoms with Crippen molar-refractivity contribution in [2.75, 3.05) is 11.9 Å². The van der Waals surface area contributed by atoms with Crippen molar-refractivity contribution < 1.29 is 4.79 Å². The normalized spacial score (nSPS) is 12.1. The maximum atomic E-state index is 12.1. The number of aromatic nitrogens is 2. The molecule has 5 heteroatoms. The van der Waals surface area contributed by atoms with Gasteiger partial charge in [0.15, 0.2) is 0 Å². The van der Waals surface area contributed by atoms with Crippen LogP contribution in [0.2, 0.25) is 0 Å². The molecule has 0 bridgehead atoms. The Morgan fingerprint density at radius 2 is 2.24 bits per heavy atom. The average molecular weight is 286 g/mol. The number of benzene rings is 1. The van der Waals surface area contributed by atoms with E-state index in [-0.39, 0.29) is 11.9 Å². The van der Waals surface area contributed by atoms with Gasteiger partial charge >= 0.3 is 0 Å². The second-order valence-corrected chi connectivity index (χ2v) is 5.16. The van der Waals surface area contributed by atoms with Crippen molar-refractivity contribution >= 4 is 11.6 Å². The van der Waals surface area contributed by atoms with Gasteiger partial charge < -0.3 is 10.6 Å². The van der Waals surface area contributed by atoms with E-state index in [1.54, 1.807) is 24.1 Å². The van der Waals surface area contributed by atoms with Crippen molar-refractivity contribution in [1.82, 2.24) is 15.1 Å². The first kappa shape index (κ1) is 15.3. The molecular weight excluding hydrogens is 264 g/mol. The number of hydrogen-bond donors (Lipinski definition) is 2. The molecule has 0 aliphatic rings. The fourth-order valence-corrected chi connectivity index (χ4v) is 2.11. The number of aryl methyl sites for hydroxylation is 1. The summed E-state index contributed by atoms with van der Waals surface area (Å²) < 4.78 is 1.61. The van der Waals surface area contributed by atoms with Crippen molar-refractivity contribution in [3.63, 3.8) is 0 Å². The van der Waals surface area contributed by atoms with Crippen molar-refractivity contribution in [2.45, 2.75) is 26.3 Å². The average Bonchev–Trinajstić information content (AvgIpc) is 2.91. The smallest absolute Gasteiger partial charge is 0.258 e. The number of amides is 1. The molecule has 0 spiro atoms. The van der Waals surface area contributed by atoms with Crippen LogP contribution in [0, 0.1) is 0 Å². The minimum Gasteiger partial charge on any atom is -0.322 e. The van der Waals surface area contributed by atoms with Crippen molar-refractivity contribution in [1.29, 1.82) is 0 Å². The maximum absolute atomic E-state index is 12.1. The van der Waals surface area contributed by atoms with E-state index in [1.807, 2.05) is 18.2 Å². The first-order valence-corrected chi connectivity index (χ1v) is 7.23. The highest BCUT2D eigenvalue weighted by Gasteiger charge is 2.10. The molecule has 5 nitrogen and oxygen atoms in total. The zero-order valence-corrected chi connectivity index (χ0v) is 12.8. The van der Waals surface area contributed by atoms with Crippen LogP contribution < -0.4 is 10.6 Å². The van der Waals surface area contributed by atoms with Crippen LogP contribution >= 0.6 is 0 Å². The molecule has 1 heterocycles.